The SMILES string of the molecule is CC(C)C1(c2cccc(Br)c2)CCN1. The van der Waals surface area contributed by atoms with Crippen molar-refractivity contribution in [1.82, 2.24) is 5.32 Å². The van der Waals surface area contributed by atoms with Crippen LogP contribution in [-0.4, -0.2) is 6.54 Å². The van der Waals surface area contributed by atoms with Gasteiger partial charge in [-0.15, -0.1) is 0 Å². The van der Waals surface area contributed by atoms with E-state index in [2.05, 4.69) is 59.4 Å². The van der Waals surface area contributed by atoms with Gasteiger partial charge in [0, 0.05) is 10.0 Å². The molecule has 1 N–H and O–H groups in total. The van der Waals surface area contributed by atoms with E-state index in [0.29, 0.717) is 5.92 Å². The quantitative estimate of drug-likeness (QED) is 0.853. The Kier molecular flexibility index (Phi) is 2.67. The zero-order chi connectivity index (χ0) is 10.2. The van der Waals surface area contributed by atoms with Gasteiger partial charge in [-0.3, -0.25) is 0 Å². The molecule has 1 saturated heterocycles. The number of rotatable bonds is 2. The van der Waals surface area contributed by atoms with Crippen molar-refractivity contribution in [3.8, 4) is 0 Å². The molecule has 0 radical (unpaired) electrons. The second-order valence-corrected chi connectivity index (χ2v) is 5.23. The summed E-state index contributed by atoms with van der Waals surface area (Å²) in [4.78, 5) is 0. The topological polar surface area (TPSA) is 12.0 Å². The molecule has 14 heavy (non-hydrogen) atoms. The van der Waals surface area contributed by atoms with E-state index in [1.165, 1.54) is 16.5 Å². The third kappa shape index (κ3) is 1.51. The molecule has 1 aliphatic heterocycles. The minimum Gasteiger partial charge on any atom is -0.307 e. The molecular formula is C12H16BrN. The van der Waals surface area contributed by atoms with Gasteiger partial charge in [-0.05, 0) is 36.6 Å². The second-order valence-electron chi connectivity index (χ2n) is 4.31. The average Bonchev–Trinajstić information content (AvgIpc) is 2.00. The molecule has 0 bridgehead atoms. The van der Waals surface area contributed by atoms with Gasteiger partial charge < -0.3 is 5.32 Å². The zero-order valence-electron chi connectivity index (χ0n) is 8.68. The lowest BCUT2D eigenvalue weighted by Gasteiger charge is -2.47. The van der Waals surface area contributed by atoms with Crippen LogP contribution in [-0.2, 0) is 5.54 Å². The molecule has 2 rings (SSSR count). The highest BCUT2D eigenvalue weighted by Crippen LogP contribution is 2.38. The van der Waals surface area contributed by atoms with Gasteiger partial charge in [-0.1, -0.05) is 41.9 Å². The van der Waals surface area contributed by atoms with Crippen molar-refractivity contribution in [2.24, 2.45) is 5.92 Å². The van der Waals surface area contributed by atoms with Crippen LogP contribution in [0.3, 0.4) is 0 Å². The minimum atomic E-state index is 0.226. The number of nitrogens with one attached hydrogen (secondary N) is 1. The molecule has 1 heterocycles. The molecule has 76 valence electrons. The second kappa shape index (κ2) is 3.67. The van der Waals surface area contributed by atoms with E-state index in [1.54, 1.807) is 0 Å². The van der Waals surface area contributed by atoms with Crippen LogP contribution in [0.5, 0.6) is 0 Å². The molecule has 0 saturated carbocycles. The van der Waals surface area contributed by atoms with Crippen LogP contribution in [0.15, 0.2) is 28.7 Å². The summed E-state index contributed by atoms with van der Waals surface area (Å²) in [5, 5.41) is 3.58. The summed E-state index contributed by atoms with van der Waals surface area (Å²) in [6.45, 7) is 5.71. The fourth-order valence-corrected chi connectivity index (χ4v) is 2.63. The van der Waals surface area contributed by atoms with Crippen molar-refractivity contribution in [3.63, 3.8) is 0 Å². The first-order valence-corrected chi connectivity index (χ1v) is 5.95. The van der Waals surface area contributed by atoms with E-state index in [9.17, 15) is 0 Å². The summed E-state index contributed by atoms with van der Waals surface area (Å²) in [6, 6.07) is 8.64. The number of halogens is 1. The molecule has 1 aromatic carbocycles. The maximum Gasteiger partial charge on any atom is 0.0470 e. The number of hydrogen-bond donors (Lipinski definition) is 1. The van der Waals surface area contributed by atoms with E-state index < -0.39 is 0 Å². The molecule has 0 aliphatic carbocycles. The van der Waals surface area contributed by atoms with Crippen LogP contribution in [0.4, 0.5) is 0 Å². The Hall–Kier alpha value is -0.340. The normalized spacial score (nSPS) is 26.3. The standard InChI is InChI=1S/C12H16BrN/c1-9(2)12(6-7-14-12)10-4-3-5-11(13)8-10/h3-5,8-9,14H,6-7H2,1-2H3. The van der Waals surface area contributed by atoms with Crippen molar-refractivity contribution >= 4 is 15.9 Å². The maximum atomic E-state index is 3.58. The third-order valence-corrected chi connectivity index (χ3v) is 3.78. The van der Waals surface area contributed by atoms with Crippen molar-refractivity contribution < 1.29 is 0 Å². The third-order valence-electron chi connectivity index (χ3n) is 3.29. The summed E-state index contributed by atoms with van der Waals surface area (Å²) in [6.07, 6.45) is 1.25. The first-order valence-electron chi connectivity index (χ1n) is 5.16. The van der Waals surface area contributed by atoms with Gasteiger partial charge in [-0.25, -0.2) is 0 Å². The summed E-state index contributed by atoms with van der Waals surface area (Å²) < 4.78 is 1.17. The van der Waals surface area contributed by atoms with Crippen molar-refractivity contribution in [2.75, 3.05) is 6.54 Å². The van der Waals surface area contributed by atoms with Crippen LogP contribution in [0.1, 0.15) is 25.8 Å². The van der Waals surface area contributed by atoms with Crippen molar-refractivity contribution in [3.05, 3.63) is 34.3 Å². The fraction of sp³-hybridized carbons (Fsp3) is 0.500. The zero-order valence-corrected chi connectivity index (χ0v) is 10.3. The smallest absolute Gasteiger partial charge is 0.0470 e. The molecule has 1 aromatic rings. The highest BCUT2D eigenvalue weighted by Gasteiger charge is 2.40. The van der Waals surface area contributed by atoms with E-state index in [0.717, 1.165) is 6.54 Å². The van der Waals surface area contributed by atoms with Crippen molar-refractivity contribution in [1.29, 1.82) is 0 Å². The van der Waals surface area contributed by atoms with Gasteiger partial charge in [0.25, 0.3) is 0 Å². The molecule has 2 heteroatoms. The Labute approximate surface area is 94.0 Å². The predicted molar refractivity (Wildman–Crippen MR) is 63.3 cm³/mol. The Morgan fingerprint density at radius 2 is 2.14 bits per heavy atom. The average molecular weight is 254 g/mol. The molecule has 1 fully saturated rings. The highest BCUT2D eigenvalue weighted by molar-refractivity contribution is 9.10. The van der Waals surface area contributed by atoms with Crippen LogP contribution in [0.25, 0.3) is 0 Å². The Balaban J connectivity index is 2.37. The van der Waals surface area contributed by atoms with E-state index in [-0.39, 0.29) is 5.54 Å². The Bertz CT molecular complexity index is 329. The summed E-state index contributed by atoms with van der Waals surface area (Å²) in [7, 11) is 0. The lowest BCUT2D eigenvalue weighted by Crippen LogP contribution is -2.57. The van der Waals surface area contributed by atoms with E-state index in [4.69, 9.17) is 0 Å². The molecule has 0 spiro atoms. The summed E-state index contributed by atoms with van der Waals surface area (Å²) >= 11 is 3.53. The molecule has 1 atom stereocenters. The first-order chi connectivity index (χ1) is 6.65. The van der Waals surface area contributed by atoms with Crippen LogP contribution < -0.4 is 5.32 Å². The van der Waals surface area contributed by atoms with Gasteiger partial charge >= 0.3 is 0 Å². The van der Waals surface area contributed by atoms with Gasteiger partial charge in [0.2, 0.25) is 0 Å². The van der Waals surface area contributed by atoms with Crippen LogP contribution in [0.2, 0.25) is 0 Å². The number of benzene rings is 1. The molecule has 1 aliphatic rings. The molecule has 1 nitrogen and oxygen atoms in total. The van der Waals surface area contributed by atoms with Crippen molar-refractivity contribution in [2.45, 2.75) is 25.8 Å². The van der Waals surface area contributed by atoms with Gasteiger partial charge in [0.15, 0.2) is 0 Å². The van der Waals surface area contributed by atoms with E-state index in [1.807, 2.05) is 0 Å². The molecular weight excluding hydrogens is 238 g/mol. The molecule has 0 amide bonds. The summed E-state index contributed by atoms with van der Waals surface area (Å²) in [5.41, 5.74) is 1.64. The monoisotopic (exact) mass is 253 g/mol. The van der Waals surface area contributed by atoms with Gasteiger partial charge in [0.1, 0.15) is 0 Å². The molecule has 0 aromatic heterocycles. The summed E-state index contributed by atoms with van der Waals surface area (Å²) in [5.74, 6) is 0.644. The Morgan fingerprint density at radius 3 is 2.57 bits per heavy atom. The predicted octanol–water partition coefficient (Wildman–Crippen LogP) is 3.29. The highest BCUT2D eigenvalue weighted by atomic mass is 79.9. The van der Waals surface area contributed by atoms with Crippen LogP contribution >= 0.6 is 15.9 Å². The van der Waals surface area contributed by atoms with Gasteiger partial charge in [0.05, 0.1) is 0 Å². The minimum absolute atomic E-state index is 0.226. The van der Waals surface area contributed by atoms with E-state index >= 15 is 0 Å². The van der Waals surface area contributed by atoms with Crippen LogP contribution in [0, 0.1) is 5.92 Å². The largest absolute Gasteiger partial charge is 0.307 e. The Morgan fingerprint density at radius 1 is 1.43 bits per heavy atom. The fourth-order valence-electron chi connectivity index (χ4n) is 2.23. The van der Waals surface area contributed by atoms with Gasteiger partial charge in [-0.2, -0.15) is 0 Å². The number of hydrogen-bond acceptors (Lipinski definition) is 1. The lowest BCUT2D eigenvalue weighted by molar-refractivity contribution is 0.139. The molecule has 1 unspecified atom stereocenters. The maximum absolute atomic E-state index is 3.58. The lowest BCUT2D eigenvalue weighted by atomic mass is 9.72. The first kappa shape index (κ1) is 10.2.